The lowest BCUT2D eigenvalue weighted by Gasteiger charge is -2.32. The van der Waals surface area contributed by atoms with Crippen LogP contribution in [0, 0.1) is 5.92 Å². The van der Waals surface area contributed by atoms with Crippen LogP contribution < -0.4 is 5.32 Å². The number of nitrogens with zero attached hydrogens (tertiary/aromatic N) is 3. The van der Waals surface area contributed by atoms with Gasteiger partial charge in [0.15, 0.2) is 0 Å². The van der Waals surface area contributed by atoms with E-state index in [2.05, 4.69) is 31.1 Å². The van der Waals surface area contributed by atoms with Crippen LogP contribution in [0.25, 0.3) is 0 Å². The van der Waals surface area contributed by atoms with Gasteiger partial charge < -0.3 is 15.1 Å². The summed E-state index contributed by atoms with van der Waals surface area (Å²) in [6.45, 7) is 4.52. The SMILES string of the molecule is O=C(Nc1ccc(Br)cn1)[C@H]1CCCN(CCCN2CCCC2=O)C1. The second-order valence-corrected chi connectivity index (χ2v) is 7.74. The molecule has 7 heteroatoms. The van der Waals surface area contributed by atoms with E-state index in [1.54, 1.807) is 12.3 Å². The van der Waals surface area contributed by atoms with Crippen molar-refractivity contribution in [2.24, 2.45) is 5.92 Å². The van der Waals surface area contributed by atoms with Crippen LogP contribution in [0.3, 0.4) is 0 Å². The van der Waals surface area contributed by atoms with Crippen LogP contribution in [0.2, 0.25) is 0 Å². The van der Waals surface area contributed by atoms with Crippen LogP contribution >= 0.6 is 15.9 Å². The van der Waals surface area contributed by atoms with Crippen molar-refractivity contribution >= 4 is 33.6 Å². The lowest BCUT2D eigenvalue weighted by Crippen LogP contribution is -2.41. The summed E-state index contributed by atoms with van der Waals surface area (Å²) in [5, 5.41) is 2.92. The largest absolute Gasteiger partial charge is 0.343 e. The van der Waals surface area contributed by atoms with Crippen LogP contribution in [0.4, 0.5) is 5.82 Å². The number of amides is 2. The topological polar surface area (TPSA) is 65.5 Å². The van der Waals surface area contributed by atoms with Crippen molar-refractivity contribution in [2.45, 2.75) is 32.1 Å². The van der Waals surface area contributed by atoms with Gasteiger partial charge >= 0.3 is 0 Å². The highest BCUT2D eigenvalue weighted by molar-refractivity contribution is 9.10. The number of aromatic nitrogens is 1. The lowest BCUT2D eigenvalue weighted by atomic mass is 9.97. The third-order valence-electron chi connectivity index (χ3n) is 4.93. The van der Waals surface area contributed by atoms with Gasteiger partial charge in [-0.05, 0) is 66.8 Å². The summed E-state index contributed by atoms with van der Waals surface area (Å²) in [7, 11) is 0. The molecule has 0 spiro atoms. The maximum absolute atomic E-state index is 12.5. The molecule has 3 rings (SSSR count). The summed E-state index contributed by atoms with van der Waals surface area (Å²) in [5.41, 5.74) is 0. The Labute approximate surface area is 157 Å². The second-order valence-electron chi connectivity index (χ2n) is 6.83. The molecule has 1 aromatic heterocycles. The standard InChI is InChI=1S/C18H25BrN4O2/c19-15-6-7-16(20-12-15)21-18(25)14-4-1-8-22(13-14)9-3-11-23-10-2-5-17(23)24/h6-7,12,14H,1-5,8-11,13H2,(H,20,21,25)/t14-/m0/s1. The van der Waals surface area contributed by atoms with E-state index in [0.717, 1.165) is 62.9 Å². The number of carbonyl (C=O) groups excluding carboxylic acids is 2. The van der Waals surface area contributed by atoms with E-state index >= 15 is 0 Å². The molecule has 2 saturated heterocycles. The van der Waals surface area contributed by atoms with Gasteiger partial charge in [-0.25, -0.2) is 4.98 Å². The van der Waals surface area contributed by atoms with Gasteiger partial charge in [0.1, 0.15) is 5.82 Å². The smallest absolute Gasteiger partial charge is 0.229 e. The zero-order chi connectivity index (χ0) is 17.6. The molecule has 0 bridgehead atoms. The molecule has 1 N–H and O–H groups in total. The fraction of sp³-hybridized carbons (Fsp3) is 0.611. The van der Waals surface area contributed by atoms with Crippen molar-refractivity contribution in [1.82, 2.24) is 14.8 Å². The predicted octanol–water partition coefficient (Wildman–Crippen LogP) is 2.51. The average molecular weight is 409 g/mol. The molecule has 2 aliphatic heterocycles. The minimum Gasteiger partial charge on any atom is -0.343 e. The van der Waals surface area contributed by atoms with E-state index in [1.165, 1.54) is 0 Å². The third-order valence-corrected chi connectivity index (χ3v) is 5.40. The van der Waals surface area contributed by atoms with Crippen molar-refractivity contribution in [2.75, 3.05) is 38.0 Å². The maximum Gasteiger partial charge on any atom is 0.229 e. The Balaban J connectivity index is 1.43. The molecule has 1 atom stereocenters. The molecular weight excluding hydrogens is 384 g/mol. The fourth-order valence-electron chi connectivity index (χ4n) is 3.58. The molecule has 25 heavy (non-hydrogen) atoms. The summed E-state index contributed by atoms with van der Waals surface area (Å²) in [4.78, 5) is 32.6. The van der Waals surface area contributed by atoms with Crippen molar-refractivity contribution < 1.29 is 9.59 Å². The number of halogens is 1. The first-order chi connectivity index (χ1) is 12.1. The second kappa shape index (κ2) is 8.76. The molecule has 2 aliphatic rings. The Morgan fingerprint density at radius 2 is 2.16 bits per heavy atom. The molecule has 0 radical (unpaired) electrons. The van der Waals surface area contributed by atoms with E-state index in [1.807, 2.05) is 11.0 Å². The zero-order valence-corrected chi connectivity index (χ0v) is 16.0. The Bertz CT molecular complexity index is 608. The zero-order valence-electron chi connectivity index (χ0n) is 14.4. The van der Waals surface area contributed by atoms with E-state index in [0.29, 0.717) is 12.2 Å². The first-order valence-corrected chi connectivity index (χ1v) is 9.83. The first-order valence-electron chi connectivity index (χ1n) is 9.04. The van der Waals surface area contributed by atoms with Gasteiger partial charge in [0.2, 0.25) is 11.8 Å². The normalized spacial score (nSPS) is 21.6. The quantitative estimate of drug-likeness (QED) is 0.784. The first kappa shape index (κ1) is 18.3. The Morgan fingerprint density at radius 3 is 2.88 bits per heavy atom. The van der Waals surface area contributed by atoms with E-state index < -0.39 is 0 Å². The van der Waals surface area contributed by atoms with E-state index in [9.17, 15) is 9.59 Å². The van der Waals surface area contributed by atoms with Crippen molar-refractivity contribution in [1.29, 1.82) is 0 Å². The number of anilines is 1. The maximum atomic E-state index is 12.5. The van der Waals surface area contributed by atoms with Crippen molar-refractivity contribution in [3.8, 4) is 0 Å². The molecule has 1 aromatic rings. The molecule has 0 aliphatic carbocycles. The van der Waals surface area contributed by atoms with Crippen LogP contribution in [0.15, 0.2) is 22.8 Å². The van der Waals surface area contributed by atoms with E-state index in [4.69, 9.17) is 0 Å². The highest BCUT2D eigenvalue weighted by atomic mass is 79.9. The summed E-state index contributed by atoms with van der Waals surface area (Å²) < 4.78 is 0.894. The van der Waals surface area contributed by atoms with E-state index in [-0.39, 0.29) is 17.7 Å². The predicted molar refractivity (Wildman–Crippen MR) is 100 cm³/mol. The highest BCUT2D eigenvalue weighted by Gasteiger charge is 2.26. The number of likely N-dealkylation sites (tertiary alicyclic amines) is 2. The van der Waals surface area contributed by atoms with Gasteiger partial charge in [-0.3, -0.25) is 9.59 Å². The van der Waals surface area contributed by atoms with Crippen LogP contribution in [-0.2, 0) is 9.59 Å². The van der Waals surface area contributed by atoms with Gasteiger partial charge in [-0.15, -0.1) is 0 Å². The molecule has 0 aromatic carbocycles. The summed E-state index contributed by atoms with van der Waals surface area (Å²) in [6.07, 6.45) is 6.32. The lowest BCUT2D eigenvalue weighted by molar-refractivity contribution is -0.127. The molecule has 0 unspecified atom stereocenters. The van der Waals surface area contributed by atoms with Gasteiger partial charge in [0.05, 0.1) is 5.92 Å². The number of pyridine rings is 1. The molecule has 0 saturated carbocycles. The average Bonchev–Trinajstić information content (AvgIpc) is 3.02. The monoisotopic (exact) mass is 408 g/mol. The Hall–Kier alpha value is -1.47. The Kier molecular flexibility index (Phi) is 6.42. The van der Waals surface area contributed by atoms with Gasteiger partial charge in [0.25, 0.3) is 0 Å². The van der Waals surface area contributed by atoms with Gasteiger partial charge in [-0.2, -0.15) is 0 Å². The molecule has 2 fully saturated rings. The van der Waals surface area contributed by atoms with Gasteiger partial charge in [0, 0.05) is 36.7 Å². The Morgan fingerprint density at radius 1 is 1.28 bits per heavy atom. The van der Waals surface area contributed by atoms with Crippen LogP contribution in [0.1, 0.15) is 32.1 Å². The third kappa shape index (κ3) is 5.25. The molecule has 3 heterocycles. The summed E-state index contributed by atoms with van der Waals surface area (Å²) in [5.74, 6) is 0.942. The minimum atomic E-state index is 0.00705. The number of piperidine rings is 1. The fourth-order valence-corrected chi connectivity index (χ4v) is 3.81. The highest BCUT2D eigenvalue weighted by Crippen LogP contribution is 2.19. The van der Waals surface area contributed by atoms with Crippen molar-refractivity contribution in [3.63, 3.8) is 0 Å². The van der Waals surface area contributed by atoms with Crippen LogP contribution in [-0.4, -0.2) is 59.3 Å². The number of carbonyl (C=O) groups is 2. The molecule has 136 valence electrons. The van der Waals surface area contributed by atoms with Gasteiger partial charge in [-0.1, -0.05) is 0 Å². The van der Waals surface area contributed by atoms with Crippen LogP contribution in [0.5, 0.6) is 0 Å². The van der Waals surface area contributed by atoms with Crippen molar-refractivity contribution in [3.05, 3.63) is 22.8 Å². The molecule has 6 nitrogen and oxygen atoms in total. The summed E-state index contributed by atoms with van der Waals surface area (Å²) >= 11 is 3.34. The minimum absolute atomic E-state index is 0.00705. The number of hydrogen-bond donors (Lipinski definition) is 1. The summed E-state index contributed by atoms with van der Waals surface area (Å²) in [6, 6.07) is 3.67. The number of rotatable bonds is 6. The molecule has 2 amide bonds. The number of hydrogen-bond acceptors (Lipinski definition) is 4. The number of nitrogens with one attached hydrogen (secondary N) is 1. The molecular formula is C18H25BrN4O2.